The third-order valence-corrected chi connectivity index (χ3v) is 4.61. The minimum Gasteiger partial charge on any atom is -0.393 e. The maximum Gasteiger partial charge on any atom is 0.0540 e. The second-order valence-corrected chi connectivity index (χ2v) is 7.00. The maximum atomic E-state index is 9.89. The van der Waals surface area contributed by atoms with Crippen LogP contribution in [0.3, 0.4) is 0 Å². The molecule has 0 aromatic rings. The predicted molar refractivity (Wildman–Crippen MR) is 97.2 cm³/mol. The zero-order valence-electron chi connectivity index (χ0n) is 15.4. The molecule has 0 aliphatic heterocycles. The van der Waals surface area contributed by atoms with Crippen molar-refractivity contribution in [3.63, 3.8) is 0 Å². The molecule has 2 nitrogen and oxygen atoms in total. The summed E-state index contributed by atoms with van der Waals surface area (Å²) in [6.07, 6.45) is 18.5. The lowest BCUT2D eigenvalue weighted by molar-refractivity contribution is 0.145. The zero-order valence-corrected chi connectivity index (χ0v) is 15.4. The third-order valence-electron chi connectivity index (χ3n) is 4.61. The fourth-order valence-corrected chi connectivity index (χ4v) is 3.02. The van der Waals surface area contributed by atoms with E-state index in [9.17, 15) is 10.2 Å². The molecule has 2 atom stereocenters. The molecule has 0 saturated carbocycles. The molecular weight excluding hydrogens is 272 g/mol. The molecule has 0 aromatic heterocycles. The molecule has 22 heavy (non-hydrogen) atoms. The number of unbranched alkanes of at least 4 members (excludes halogenated alkanes) is 9. The van der Waals surface area contributed by atoms with E-state index in [-0.39, 0.29) is 12.2 Å². The molecular formula is C20H42O2. The molecule has 0 aliphatic rings. The SMILES string of the molecule is CCCCCCC(O)CCCCCCCC(O)CCCCC. The van der Waals surface area contributed by atoms with E-state index in [2.05, 4.69) is 13.8 Å². The Morgan fingerprint density at radius 3 is 1.14 bits per heavy atom. The largest absolute Gasteiger partial charge is 0.393 e. The van der Waals surface area contributed by atoms with Crippen LogP contribution in [0.15, 0.2) is 0 Å². The van der Waals surface area contributed by atoms with Gasteiger partial charge in [0.05, 0.1) is 12.2 Å². The Morgan fingerprint density at radius 2 is 0.727 bits per heavy atom. The van der Waals surface area contributed by atoms with E-state index in [1.54, 1.807) is 0 Å². The van der Waals surface area contributed by atoms with Crippen LogP contribution in [-0.4, -0.2) is 22.4 Å². The van der Waals surface area contributed by atoms with Crippen molar-refractivity contribution in [2.24, 2.45) is 0 Å². The maximum absolute atomic E-state index is 9.89. The Balaban J connectivity index is 3.22. The van der Waals surface area contributed by atoms with E-state index in [4.69, 9.17) is 0 Å². The van der Waals surface area contributed by atoms with Crippen LogP contribution in [0, 0.1) is 0 Å². The van der Waals surface area contributed by atoms with Crippen molar-refractivity contribution in [1.82, 2.24) is 0 Å². The van der Waals surface area contributed by atoms with Crippen molar-refractivity contribution in [3.8, 4) is 0 Å². The van der Waals surface area contributed by atoms with E-state index >= 15 is 0 Å². The van der Waals surface area contributed by atoms with E-state index in [1.807, 2.05) is 0 Å². The highest BCUT2D eigenvalue weighted by Gasteiger charge is 2.05. The first-order valence-corrected chi connectivity index (χ1v) is 10.1. The standard InChI is InChI=1S/C20H42O2/c1-3-5-7-12-16-20(22)18-14-10-8-9-13-17-19(21)15-11-6-4-2/h19-22H,3-18H2,1-2H3. The van der Waals surface area contributed by atoms with E-state index in [0.717, 1.165) is 38.5 Å². The summed E-state index contributed by atoms with van der Waals surface area (Å²) in [7, 11) is 0. The summed E-state index contributed by atoms with van der Waals surface area (Å²) < 4.78 is 0. The van der Waals surface area contributed by atoms with Gasteiger partial charge >= 0.3 is 0 Å². The number of hydrogen-bond acceptors (Lipinski definition) is 2. The van der Waals surface area contributed by atoms with E-state index < -0.39 is 0 Å². The quantitative estimate of drug-likeness (QED) is 0.324. The second-order valence-electron chi connectivity index (χ2n) is 7.00. The minimum atomic E-state index is -0.0727. The minimum absolute atomic E-state index is 0.0720. The normalized spacial score (nSPS) is 14.2. The van der Waals surface area contributed by atoms with E-state index in [0.29, 0.717) is 0 Å². The first kappa shape index (κ1) is 21.9. The fourth-order valence-electron chi connectivity index (χ4n) is 3.02. The highest BCUT2D eigenvalue weighted by Crippen LogP contribution is 2.15. The van der Waals surface area contributed by atoms with Crippen LogP contribution in [0.4, 0.5) is 0 Å². The summed E-state index contributed by atoms with van der Waals surface area (Å²) in [6, 6.07) is 0. The van der Waals surface area contributed by atoms with Gasteiger partial charge in [0.25, 0.3) is 0 Å². The second kappa shape index (κ2) is 17.3. The number of rotatable bonds is 17. The van der Waals surface area contributed by atoms with Gasteiger partial charge in [0.1, 0.15) is 0 Å². The van der Waals surface area contributed by atoms with Crippen LogP contribution >= 0.6 is 0 Å². The van der Waals surface area contributed by atoms with Crippen LogP contribution < -0.4 is 0 Å². The lowest BCUT2D eigenvalue weighted by Gasteiger charge is -2.11. The molecule has 0 saturated heterocycles. The molecule has 0 bridgehead atoms. The van der Waals surface area contributed by atoms with Crippen LogP contribution in [-0.2, 0) is 0 Å². The first-order valence-electron chi connectivity index (χ1n) is 10.1. The van der Waals surface area contributed by atoms with Crippen LogP contribution in [0.25, 0.3) is 0 Å². The number of hydrogen-bond donors (Lipinski definition) is 2. The molecule has 0 heterocycles. The zero-order chi connectivity index (χ0) is 16.5. The van der Waals surface area contributed by atoms with Crippen molar-refractivity contribution in [2.75, 3.05) is 0 Å². The molecule has 2 unspecified atom stereocenters. The van der Waals surface area contributed by atoms with Gasteiger partial charge in [-0.15, -0.1) is 0 Å². The van der Waals surface area contributed by atoms with Crippen molar-refractivity contribution < 1.29 is 10.2 Å². The molecule has 0 radical (unpaired) electrons. The average molecular weight is 315 g/mol. The Hall–Kier alpha value is -0.0800. The molecule has 2 heteroatoms. The summed E-state index contributed by atoms with van der Waals surface area (Å²) >= 11 is 0. The van der Waals surface area contributed by atoms with Crippen molar-refractivity contribution in [2.45, 2.75) is 129 Å². The van der Waals surface area contributed by atoms with Gasteiger partial charge in [-0.25, -0.2) is 0 Å². The highest BCUT2D eigenvalue weighted by molar-refractivity contribution is 4.59. The molecule has 0 aromatic carbocycles. The van der Waals surface area contributed by atoms with Crippen molar-refractivity contribution in [1.29, 1.82) is 0 Å². The molecule has 2 N–H and O–H groups in total. The fraction of sp³-hybridized carbons (Fsp3) is 1.00. The van der Waals surface area contributed by atoms with Gasteiger partial charge in [0, 0.05) is 0 Å². The van der Waals surface area contributed by atoms with Crippen molar-refractivity contribution >= 4 is 0 Å². The lowest BCUT2D eigenvalue weighted by Crippen LogP contribution is -2.06. The summed E-state index contributed by atoms with van der Waals surface area (Å²) in [4.78, 5) is 0. The molecule has 0 rings (SSSR count). The molecule has 0 aliphatic carbocycles. The lowest BCUT2D eigenvalue weighted by atomic mass is 10.0. The van der Waals surface area contributed by atoms with Crippen LogP contribution in [0.1, 0.15) is 117 Å². The van der Waals surface area contributed by atoms with E-state index in [1.165, 1.54) is 64.2 Å². The first-order chi connectivity index (χ1) is 10.7. The van der Waals surface area contributed by atoms with Gasteiger partial charge in [-0.05, 0) is 25.7 Å². The summed E-state index contributed by atoms with van der Waals surface area (Å²) in [6.45, 7) is 4.43. The average Bonchev–Trinajstić information content (AvgIpc) is 2.51. The van der Waals surface area contributed by atoms with Crippen molar-refractivity contribution in [3.05, 3.63) is 0 Å². The van der Waals surface area contributed by atoms with Gasteiger partial charge in [-0.3, -0.25) is 0 Å². The van der Waals surface area contributed by atoms with Gasteiger partial charge < -0.3 is 10.2 Å². The molecule has 0 fully saturated rings. The summed E-state index contributed by atoms with van der Waals surface area (Å²) in [5, 5.41) is 19.7. The molecule has 0 spiro atoms. The topological polar surface area (TPSA) is 40.5 Å². The van der Waals surface area contributed by atoms with Gasteiger partial charge in [0.2, 0.25) is 0 Å². The Morgan fingerprint density at radius 1 is 0.455 bits per heavy atom. The monoisotopic (exact) mass is 314 g/mol. The Bertz CT molecular complexity index is 206. The predicted octanol–water partition coefficient (Wildman–Crippen LogP) is 5.99. The molecule has 0 amide bonds. The van der Waals surface area contributed by atoms with Gasteiger partial charge in [-0.2, -0.15) is 0 Å². The van der Waals surface area contributed by atoms with Crippen LogP contribution in [0.2, 0.25) is 0 Å². The number of aliphatic hydroxyl groups is 2. The van der Waals surface area contributed by atoms with Crippen LogP contribution in [0.5, 0.6) is 0 Å². The summed E-state index contributed by atoms with van der Waals surface area (Å²) in [5.41, 5.74) is 0. The highest BCUT2D eigenvalue weighted by atomic mass is 16.3. The Labute approximate surface area is 139 Å². The van der Waals surface area contributed by atoms with Gasteiger partial charge in [0.15, 0.2) is 0 Å². The smallest absolute Gasteiger partial charge is 0.0540 e. The molecule has 134 valence electrons. The third kappa shape index (κ3) is 16.3. The Kier molecular flexibility index (Phi) is 17.2. The number of aliphatic hydroxyl groups excluding tert-OH is 2. The summed E-state index contributed by atoms with van der Waals surface area (Å²) in [5.74, 6) is 0. The van der Waals surface area contributed by atoms with Gasteiger partial charge in [-0.1, -0.05) is 90.9 Å².